The Morgan fingerprint density at radius 3 is 2.42 bits per heavy atom. The second kappa shape index (κ2) is 9.49. The first-order valence-electron chi connectivity index (χ1n) is 10.4. The van der Waals surface area contributed by atoms with Crippen molar-refractivity contribution in [3.05, 3.63) is 95.1 Å². The number of amides is 3. The highest BCUT2D eigenvalue weighted by Crippen LogP contribution is 2.24. The van der Waals surface area contributed by atoms with Gasteiger partial charge in [-0.25, -0.2) is 13.6 Å². The van der Waals surface area contributed by atoms with Gasteiger partial charge in [0.05, 0.1) is 11.6 Å². The summed E-state index contributed by atoms with van der Waals surface area (Å²) in [6.45, 7) is 1.11. The van der Waals surface area contributed by atoms with E-state index in [0.717, 1.165) is 6.07 Å². The summed E-state index contributed by atoms with van der Waals surface area (Å²) in [5.74, 6) is -1.70. The lowest BCUT2D eigenvalue weighted by Gasteiger charge is -2.35. The van der Waals surface area contributed by atoms with Crippen molar-refractivity contribution in [2.45, 2.75) is 13.0 Å². The molecule has 0 spiro atoms. The van der Waals surface area contributed by atoms with Crippen LogP contribution in [0.3, 0.4) is 0 Å². The number of carbonyl (C=O) groups excluding carboxylic acids is 2. The van der Waals surface area contributed by atoms with E-state index in [1.165, 1.54) is 18.2 Å². The summed E-state index contributed by atoms with van der Waals surface area (Å²) in [4.78, 5) is 28.6. The predicted octanol–water partition coefficient (Wildman–Crippen LogP) is 4.92. The lowest BCUT2D eigenvalue weighted by molar-refractivity contribution is 0.102. The summed E-state index contributed by atoms with van der Waals surface area (Å²) in [6.07, 6.45) is 0.706. The number of nitrogens with one attached hydrogen (secondary N) is 1. The van der Waals surface area contributed by atoms with Crippen molar-refractivity contribution in [2.24, 2.45) is 0 Å². The third-order valence-corrected chi connectivity index (χ3v) is 5.30. The topological polar surface area (TPSA) is 76.4 Å². The molecule has 8 heteroatoms. The molecule has 3 amide bonds. The number of carbonyl (C=O) groups is 2. The number of hydrogen-bond donors (Lipinski definition) is 1. The van der Waals surface area contributed by atoms with Gasteiger partial charge in [-0.15, -0.1) is 0 Å². The van der Waals surface area contributed by atoms with Crippen LogP contribution in [0.2, 0.25) is 0 Å². The highest BCUT2D eigenvalue weighted by Gasteiger charge is 2.27. The monoisotopic (exact) mass is 446 g/mol. The summed E-state index contributed by atoms with van der Waals surface area (Å²) in [7, 11) is 0. The first kappa shape index (κ1) is 22.0. The van der Waals surface area contributed by atoms with Crippen LogP contribution in [0.1, 0.15) is 27.9 Å². The normalized spacial score (nSPS) is 13.5. The number of urea groups is 1. The van der Waals surface area contributed by atoms with Crippen LogP contribution in [-0.4, -0.2) is 29.9 Å². The number of halogens is 2. The highest BCUT2D eigenvalue weighted by molar-refractivity contribution is 6.04. The van der Waals surface area contributed by atoms with Crippen molar-refractivity contribution < 1.29 is 18.4 Å². The Labute approximate surface area is 189 Å². The Bertz CT molecular complexity index is 1220. The van der Waals surface area contributed by atoms with Crippen molar-refractivity contribution in [1.29, 1.82) is 5.26 Å². The Balaban J connectivity index is 1.43. The van der Waals surface area contributed by atoms with E-state index in [-0.39, 0.29) is 18.5 Å². The number of benzene rings is 3. The van der Waals surface area contributed by atoms with Crippen LogP contribution in [0.25, 0.3) is 0 Å². The molecule has 0 radical (unpaired) electrons. The molecule has 1 N–H and O–H groups in total. The maximum Gasteiger partial charge on any atom is 0.324 e. The van der Waals surface area contributed by atoms with Gasteiger partial charge in [0, 0.05) is 42.6 Å². The zero-order valence-corrected chi connectivity index (χ0v) is 17.6. The average Bonchev–Trinajstić information content (AvgIpc) is 2.80. The van der Waals surface area contributed by atoms with Gasteiger partial charge in [0.25, 0.3) is 5.91 Å². The number of rotatable bonds is 5. The van der Waals surface area contributed by atoms with Crippen LogP contribution < -0.4 is 10.2 Å². The molecule has 0 aliphatic carbocycles. The molecule has 3 aromatic carbocycles. The minimum absolute atomic E-state index is 0.111. The fourth-order valence-electron chi connectivity index (χ4n) is 3.75. The molecule has 1 saturated heterocycles. The van der Waals surface area contributed by atoms with Gasteiger partial charge < -0.3 is 10.2 Å². The van der Waals surface area contributed by atoms with Gasteiger partial charge in [-0.1, -0.05) is 6.07 Å². The van der Waals surface area contributed by atoms with Crippen molar-refractivity contribution in [3.8, 4) is 6.07 Å². The first-order valence-corrected chi connectivity index (χ1v) is 10.4. The fraction of sp³-hybridized carbons (Fsp3) is 0.160. The summed E-state index contributed by atoms with van der Waals surface area (Å²) in [5.41, 5.74) is 2.35. The van der Waals surface area contributed by atoms with Gasteiger partial charge in [-0.3, -0.25) is 9.69 Å². The van der Waals surface area contributed by atoms with Crippen LogP contribution in [0.5, 0.6) is 0 Å². The Morgan fingerprint density at radius 2 is 1.73 bits per heavy atom. The molecule has 0 saturated carbocycles. The molecule has 1 heterocycles. The molecule has 0 atom stereocenters. The van der Waals surface area contributed by atoms with E-state index < -0.39 is 11.6 Å². The van der Waals surface area contributed by atoms with E-state index in [2.05, 4.69) is 5.32 Å². The Morgan fingerprint density at radius 1 is 1.00 bits per heavy atom. The third kappa shape index (κ3) is 5.15. The summed E-state index contributed by atoms with van der Waals surface area (Å²) < 4.78 is 27.0. The van der Waals surface area contributed by atoms with Gasteiger partial charge in [0.1, 0.15) is 11.6 Å². The van der Waals surface area contributed by atoms with E-state index in [4.69, 9.17) is 5.26 Å². The van der Waals surface area contributed by atoms with E-state index in [9.17, 15) is 18.4 Å². The van der Waals surface area contributed by atoms with Gasteiger partial charge in [0.15, 0.2) is 0 Å². The van der Waals surface area contributed by atoms with Gasteiger partial charge in [0.2, 0.25) is 0 Å². The van der Waals surface area contributed by atoms with Gasteiger partial charge in [-0.05, 0) is 66.6 Å². The molecule has 166 valence electrons. The fourth-order valence-corrected chi connectivity index (χ4v) is 3.75. The zero-order chi connectivity index (χ0) is 23.4. The van der Waals surface area contributed by atoms with Crippen molar-refractivity contribution in [3.63, 3.8) is 0 Å². The SMILES string of the molecule is N#Cc1cccc(C(=O)Nc2ccc(N3CCCN(Cc4cc(F)cc(F)c4)C3=O)cc2)c1. The molecule has 1 aliphatic rings. The first-order chi connectivity index (χ1) is 15.9. The van der Waals surface area contributed by atoms with E-state index in [1.807, 2.05) is 6.07 Å². The largest absolute Gasteiger partial charge is 0.324 e. The van der Waals surface area contributed by atoms with Crippen LogP contribution in [-0.2, 0) is 6.54 Å². The number of anilines is 2. The Kier molecular flexibility index (Phi) is 6.31. The lowest BCUT2D eigenvalue weighted by atomic mass is 10.1. The smallest absolute Gasteiger partial charge is 0.322 e. The van der Waals surface area contributed by atoms with E-state index in [0.29, 0.717) is 47.6 Å². The lowest BCUT2D eigenvalue weighted by Crippen LogP contribution is -2.49. The minimum atomic E-state index is -0.677. The van der Waals surface area contributed by atoms with Crippen LogP contribution >= 0.6 is 0 Å². The quantitative estimate of drug-likeness (QED) is 0.604. The molecular weight excluding hydrogens is 426 g/mol. The highest BCUT2D eigenvalue weighted by atomic mass is 19.1. The third-order valence-electron chi connectivity index (χ3n) is 5.30. The molecule has 6 nitrogen and oxygen atoms in total. The van der Waals surface area contributed by atoms with Crippen LogP contribution in [0.15, 0.2) is 66.7 Å². The summed E-state index contributed by atoms with van der Waals surface area (Å²) in [6, 6.07) is 18.2. The second-order valence-corrected chi connectivity index (χ2v) is 7.68. The van der Waals surface area contributed by atoms with Crippen LogP contribution in [0, 0.1) is 23.0 Å². The summed E-state index contributed by atoms with van der Waals surface area (Å²) >= 11 is 0. The van der Waals surface area contributed by atoms with Crippen molar-refractivity contribution >= 4 is 23.3 Å². The predicted molar refractivity (Wildman–Crippen MR) is 120 cm³/mol. The molecule has 1 fully saturated rings. The number of nitriles is 1. The summed E-state index contributed by atoms with van der Waals surface area (Å²) in [5, 5.41) is 11.8. The van der Waals surface area contributed by atoms with Crippen LogP contribution in [0.4, 0.5) is 25.0 Å². The van der Waals surface area contributed by atoms with Gasteiger partial charge in [-0.2, -0.15) is 5.26 Å². The number of hydrogen-bond acceptors (Lipinski definition) is 3. The Hall–Kier alpha value is -4.25. The molecule has 0 unspecified atom stereocenters. The molecule has 3 aromatic rings. The molecular formula is C25H20F2N4O2. The average molecular weight is 446 g/mol. The van der Waals surface area contributed by atoms with Crippen molar-refractivity contribution in [2.75, 3.05) is 23.3 Å². The molecule has 0 aromatic heterocycles. The molecule has 33 heavy (non-hydrogen) atoms. The molecule has 0 bridgehead atoms. The molecule has 1 aliphatic heterocycles. The van der Waals surface area contributed by atoms with E-state index >= 15 is 0 Å². The number of nitrogens with zero attached hydrogens (tertiary/aromatic N) is 3. The maximum atomic E-state index is 13.5. The van der Waals surface area contributed by atoms with Crippen molar-refractivity contribution in [1.82, 2.24) is 4.90 Å². The maximum absolute atomic E-state index is 13.5. The van der Waals surface area contributed by atoms with E-state index in [1.54, 1.807) is 52.3 Å². The second-order valence-electron chi connectivity index (χ2n) is 7.68. The minimum Gasteiger partial charge on any atom is -0.322 e. The van der Waals surface area contributed by atoms with Gasteiger partial charge >= 0.3 is 6.03 Å². The standard InChI is InChI=1S/C25H20F2N4O2/c26-20-12-18(13-21(27)14-20)16-30-9-2-10-31(25(30)33)23-7-5-22(6-8-23)29-24(32)19-4-1-3-17(11-19)15-28/h1,3-8,11-14H,2,9-10,16H2,(H,29,32). The zero-order valence-electron chi connectivity index (χ0n) is 17.6. The molecule has 4 rings (SSSR count).